The van der Waals surface area contributed by atoms with Gasteiger partial charge in [-0.3, -0.25) is 9.78 Å². The molecule has 1 aliphatic heterocycles. The summed E-state index contributed by atoms with van der Waals surface area (Å²) in [7, 11) is 3.23. The molecule has 0 amide bonds. The number of aromatic nitrogens is 2. The van der Waals surface area contributed by atoms with Crippen molar-refractivity contribution in [3.63, 3.8) is 0 Å². The summed E-state index contributed by atoms with van der Waals surface area (Å²) in [5.74, 6) is 2.67. The molecule has 5 rings (SSSR count). The molecule has 7 nitrogen and oxygen atoms in total. The number of aryl methyl sites for hydroxylation is 2. The van der Waals surface area contributed by atoms with Crippen molar-refractivity contribution in [2.24, 2.45) is 0 Å². The zero-order valence-corrected chi connectivity index (χ0v) is 19.9. The van der Waals surface area contributed by atoms with Crippen LogP contribution >= 0.6 is 0 Å². The van der Waals surface area contributed by atoms with E-state index in [4.69, 9.17) is 23.9 Å². The molecular weight excluding hydrogens is 444 g/mol. The molecule has 4 aromatic rings. The van der Waals surface area contributed by atoms with Gasteiger partial charge < -0.3 is 23.9 Å². The molecule has 0 fully saturated rings. The van der Waals surface area contributed by atoms with Crippen LogP contribution in [-0.2, 0) is 19.3 Å². The number of aromatic amines is 1. The fourth-order valence-corrected chi connectivity index (χ4v) is 4.70. The zero-order chi connectivity index (χ0) is 23.8. The lowest BCUT2D eigenvalue weighted by atomic mass is 9.95. The summed E-state index contributed by atoms with van der Waals surface area (Å²) < 4.78 is 22.2. The average Bonchev–Trinajstić information content (AvgIpc) is 3.30. The summed E-state index contributed by atoms with van der Waals surface area (Å²) in [6, 6.07) is 9.84. The maximum atomic E-state index is 13.3. The number of benzene rings is 2. The van der Waals surface area contributed by atoms with Crippen molar-refractivity contribution in [1.82, 2.24) is 9.97 Å². The number of hydrogen-bond acceptors (Lipinski definition) is 6. The number of pyridine rings is 2. The minimum Gasteiger partial charge on any atom is -0.493 e. The van der Waals surface area contributed by atoms with Crippen LogP contribution in [0.4, 0.5) is 0 Å². The Labute approximate surface area is 205 Å². The molecule has 0 spiro atoms. The van der Waals surface area contributed by atoms with Crippen molar-refractivity contribution in [1.29, 1.82) is 0 Å². The third-order valence-electron chi connectivity index (χ3n) is 6.39. The van der Waals surface area contributed by atoms with E-state index in [1.54, 1.807) is 14.2 Å². The highest BCUT2D eigenvalue weighted by atomic mass is 16.7. The normalized spacial score (nSPS) is 12.1. The summed E-state index contributed by atoms with van der Waals surface area (Å²) in [5.41, 5.74) is 4.33. The van der Waals surface area contributed by atoms with Crippen LogP contribution in [0.2, 0.25) is 0 Å². The lowest BCUT2D eigenvalue weighted by molar-refractivity contribution is 0.174. The van der Waals surface area contributed by atoms with Crippen LogP contribution in [0.1, 0.15) is 50.2 Å². The number of ether oxygens (including phenoxy) is 4. The van der Waals surface area contributed by atoms with Crippen molar-refractivity contribution in [3.8, 4) is 23.0 Å². The lowest BCUT2D eigenvalue weighted by Crippen LogP contribution is -2.17. The Morgan fingerprint density at radius 2 is 1.66 bits per heavy atom. The molecule has 0 radical (unpaired) electrons. The topological polar surface area (TPSA) is 82.7 Å². The molecule has 0 aliphatic carbocycles. The van der Waals surface area contributed by atoms with Crippen molar-refractivity contribution >= 4 is 21.7 Å². The monoisotopic (exact) mass is 476 g/mol. The van der Waals surface area contributed by atoms with Gasteiger partial charge in [-0.25, -0.2) is 0 Å². The molecule has 3 heterocycles. The molecule has 35 heavy (non-hydrogen) atoms. The maximum Gasteiger partial charge on any atom is 0.252 e. The summed E-state index contributed by atoms with van der Waals surface area (Å²) in [6.45, 7) is 4.39. The first kappa shape index (κ1) is 24.4. The van der Waals surface area contributed by atoms with E-state index in [2.05, 4.69) is 24.9 Å². The predicted octanol–water partition coefficient (Wildman–Crippen LogP) is 5.56. The van der Waals surface area contributed by atoms with E-state index in [1.165, 1.54) is 0 Å². The minimum atomic E-state index is -0.0870. The molecule has 1 N–H and O–H groups in total. The van der Waals surface area contributed by atoms with Crippen molar-refractivity contribution in [2.45, 2.75) is 47.0 Å². The van der Waals surface area contributed by atoms with Gasteiger partial charge in [0.05, 0.1) is 19.7 Å². The lowest BCUT2D eigenvalue weighted by Gasteiger charge is -2.16. The average molecular weight is 477 g/mol. The Morgan fingerprint density at radius 1 is 0.971 bits per heavy atom. The second-order valence-electron chi connectivity index (χ2n) is 8.44. The Hall–Kier alpha value is -3.74. The molecule has 7 heteroatoms. The number of hydrogen-bond donors (Lipinski definition) is 1. The Kier molecular flexibility index (Phi) is 6.87. The van der Waals surface area contributed by atoms with Crippen molar-refractivity contribution in [2.75, 3.05) is 21.0 Å². The van der Waals surface area contributed by atoms with Crippen LogP contribution < -0.4 is 24.5 Å². The molecule has 0 atom stereocenters. The van der Waals surface area contributed by atoms with E-state index in [0.29, 0.717) is 35.0 Å². The zero-order valence-electron chi connectivity index (χ0n) is 19.9. The SMILES string of the molecule is C.CCCc1[nH]c(=O)c(Cc2cc3cc4c(cc3nc2CC)OCO4)c2cc(OC)c(OC)cc12. The first-order valence-corrected chi connectivity index (χ1v) is 11.6. The third-order valence-corrected chi connectivity index (χ3v) is 6.39. The van der Waals surface area contributed by atoms with E-state index >= 15 is 0 Å². The summed E-state index contributed by atoms with van der Waals surface area (Å²) in [6.07, 6.45) is 2.89. The van der Waals surface area contributed by atoms with E-state index in [0.717, 1.165) is 57.9 Å². The largest absolute Gasteiger partial charge is 0.493 e. The van der Waals surface area contributed by atoms with E-state index < -0.39 is 0 Å². The minimum absolute atomic E-state index is 0. The molecule has 0 saturated carbocycles. The van der Waals surface area contributed by atoms with Gasteiger partial charge in [0.1, 0.15) is 0 Å². The smallest absolute Gasteiger partial charge is 0.252 e. The highest BCUT2D eigenvalue weighted by Crippen LogP contribution is 2.37. The molecule has 0 bridgehead atoms. The van der Waals surface area contributed by atoms with Crippen molar-refractivity contribution < 1.29 is 18.9 Å². The molecule has 0 saturated heterocycles. The number of H-pyrrole nitrogens is 1. The van der Waals surface area contributed by atoms with Gasteiger partial charge in [-0.1, -0.05) is 27.7 Å². The fraction of sp³-hybridized carbons (Fsp3) is 0.357. The molecule has 2 aromatic carbocycles. The van der Waals surface area contributed by atoms with Crippen molar-refractivity contribution in [3.05, 3.63) is 63.2 Å². The number of rotatable bonds is 7. The number of fused-ring (bicyclic) bond motifs is 3. The van der Waals surface area contributed by atoms with Crippen LogP contribution in [0.3, 0.4) is 0 Å². The third kappa shape index (κ3) is 4.27. The van der Waals surface area contributed by atoms with Crippen LogP contribution in [-0.4, -0.2) is 31.0 Å². The van der Waals surface area contributed by atoms with Gasteiger partial charge in [-0.05, 0) is 48.1 Å². The quantitative estimate of drug-likeness (QED) is 0.376. The molecule has 1 aliphatic rings. The van der Waals surface area contributed by atoms with Gasteiger partial charge in [-0.2, -0.15) is 0 Å². The van der Waals surface area contributed by atoms with E-state index in [9.17, 15) is 4.79 Å². The standard InChI is InChI=1S/C27H28N2O5.CH4/c1-5-7-21-18-12-24(32-4)23(31-3)11-17(18)19(27(30)29-21)9-15-8-16-10-25-26(34-14-33-25)13-22(16)28-20(15)6-2;/h8,10-13H,5-7,9,14H2,1-4H3,(H,29,30);1H4. The number of nitrogens with zero attached hydrogens (tertiary/aromatic N) is 1. The van der Waals surface area contributed by atoms with E-state index in [-0.39, 0.29) is 19.8 Å². The van der Waals surface area contributed by atoms with E-state index in [1.807, 2.05) is 24.3 Å². The van der Waals surface area contributed by atoms with Gasteiger partial charge in [0, 0.05) is 40.2 Å². The van der Waals surface area contributed by atoms with Crippen LogP contribution in [0.5, 0.6) is 23.0 Å². The first-order valence-electron chi connectivity index (χ1n) is 11.6. The predicted molar refractivity (Wildman–Crippen MR) is 138 cm³/mol. The number of nitrogens with one attached hydrogen (secondary N) is 1. The van der Waals surface area contributed by atoms with Crippen LogP contribution in [0.25, 0.3) is 21.7 Å². The Balaban J connectivity index is 0.00000289. The first-order chi connectivity index (χ1) is 16.6. The summed E-state index contributed by atoms with van der Waals surface area (Å²) >= 11 is 0. The second kappa shape index (κ2) is 9.86. The molecule has 0 unspecified atom stereocenters. The summed E-state index contributed by atoms with van der Waals surface area (Å²) in [4.78, 5) is 21.3. The molecule has 2 aromatic heterocycles. The second-order valence-corrected chi connectivity index (χ2v) is 8.44. The highest BCUT2D eigenvalue weighted by molar-refractivity contribution is 5.91. The van der Waals surface area contributed by atoms with Crippen LogP contribution in [0.15, 0.2) is 35.1 Å². The van der Waals surface area contributed by atoms with Gasteiger partial charge in [0.25, 0.3) is 5.56 Å². The fourth-order valence-electron chi connectivity index (χ4n) is 4.70. The number of methoxy groups -OCH3 is 2. The molecular formula is C28H32N2O5. The highest BCUT2D eigenvalue weighted by Gasteiger charge is 2.19. The maximum absolute atomic E-state index is 13.3. The molecule has 184 valence electrons. The van der Waals surface area contributed by atoms with Crippen LogP contribution in [0, 0.1) is 0 Å². The van der Waals surface area contributed by atoms with Gasteiger partial charge >= 0.3 is 0 Å². The Morgan fingerprint density at radius 3 is 2.31 bits per heavy atom. The Bertz CT molecular complexity index is 1460. The van der Waals surface area contributed by atoms with Gasteiger partial charge in [0.15, 0.2) is 23.0 Å². The summed E-state index contributed by atoms with van der Waals surface area (Å²) in [5, 5.41) is 2.81. The van der Waals surface area contributed by atoms with Gasteiger partial charge in [-0.15, -0.1) is 0 Å². The van der Waals surface area contributed by atoms with Gasteiger partial charge in [0.2, 0.25) is 6.79 Å².